The summed E-state index contributed by atoms with van der Waals surface area (Å²) >= 11 is 0. The van der Waals surface area contributed by atoms with Gasteiger partial charge in [-0.2, -0.15) is 5.10 Å². The number of hydrogen-bond donors (Lipinski definition) is 1. The van der Waals surface area contributed by atoms with Crippen LogP contribution in [0.4, 0.5) is 4.79 Å². The minimum absolute atomic E-state index is 0.160. The van der Waals surface area contributed by atoms with E-state index in [4.69, 9.17) is 4.74 Å². The minimum Gasteiger partial charge on any atom is -0.449 e. The number of rotatable bonds is 4. The Labute approximate surface area is 117 Å². The molecule has 1 amide bonds. The summed E-state index contributed by atoms with van der Waals surface area (Å²) < 4.78 is 6.79. The largest absolute Gasteiger partial charge is 0.449 e. The third-order valence-electron chi connectivity index (χ3n) is 3.65. The monoisotopic (exact) mass is 282 g/mol. The number of hydrogen-bond acceptors (Lipinski definition) is 4. The molecule has 1 fully saturated rings. The van der Waals surface area contributed by atoms with Gasteiger partial charge < -0.3 is 9.64 Å². The summed E-state index contributed by atoms with van der Waals surface area (Å²) in [5.41, 5.74) is -0.160. The van der Waals surface area contributed by atoms with Crippen molar-refractivity contribution in [3.63, 3.8) is 0 Å². The number of carbonyl (C=O) groups excluding carboxylic acids is 1. The molecule has 0 spiro atoms. The molecule has 0 aromatic carbocycles. The number of likely N-dealkylation sites (tertiary alicyclic amines) is 1. The van der Waals surface area contributed by atoms with Gasteiger partial charge in [0.15, 0.2) is 0 Å². The molecule has 1 aliphatic rings. The number of nitrogens with zero attached hydrogens (tertiary/aromatic N) is 3. The zero-order valence-corrected chi connectivity index (χ0v) is 12.1. The fourth-order valence-corrected chi connectivity index (χ4v) is 2.55. The zero-order valence-electron chi connectivity index (χ0n) is 12.1. The van der Waals surface area contributed by atoms with Gasteiger partial charge in [-0.15, -0.1) is 0 Å². The predicted molar refractivity (Wildman–Crippen MR) is 73.7 cm³/mol. The van der Waals surface area contributed by atoms with Gasteiger partial charge in [-0.3, -0.25) is 4.57 Å². The highest BCUT2D eigenvalue weighted by Crippen LogP contribution is 2.26. The zero-order chi connectivity index (χ0) is 14.5. The van der Waals surface area contributed by atoms with Crippen LogP contribution in [0.3, 0.4) is 0 Å². The van der Waals surface area contributed by atoms with Crippen molar-refractivity contribution in [2.24, 2.45) is 0 Å². The Hall–Kier alpha value is -1.79. The molecular weight excluding hydrogens is 260 g/mol. The van der Waals surface area contributed by atoms with Gasteiger partial charge in [0.1, 0.15) is 5.82 Å². The Bertz CT molecular complexity index is 500. The lowest BCUT2D eigenvalue weighted by atomic mass is 9.96. The van der Waals surface area contributed by atoms with Crippen LogP contribution in [-0.2, 0) is 11.3 Å². The van der Waals surface area contributed by atoms with Crippen LogP contribution in [-0.4, -0.2) is 45.5 Å². The van der Waals surface area contributed by atoms with Gasteiger partial charge in [-0.1, -0.05) is 6.92 Å². The van der Waals surface area contributed by atoms with E-state index >= 15 is 0 Å². The molecule has 0 unspecified atom stereocenters. The molecule has 2 heterocycles. The van der Waals surface area contributed by atoms with Crippen LogP contribution >= 0.6 is 0 Å². The van der Waals surface area contributed by atoms with Gasteiger partial charge in [-0.05, 0) is 26.2 Å². The highest BCUT2D eigenvalue weighted by Gasteiger charge is 2.27. The van der Waals surface area contributed by atoms with E-state index in [2.05, 4.69) is 10.2 Å². The molecule has 1 aromatic heterocycles. The molecule has 7 nitrogen and oxygen atoms in total. The Balaban J connectivity index is 1.94. The Morgan fingerprint density at radius 1 is 1.40 bits per heavy atom. The lowest BCUT2D eigenvalue weighted by Gasteiger charge is -2.30. The molecule has 0 radical (unpaired) electrons. The first-order valence-corrected chi connectivity index (χ1v) is 7.24. The van der Waals surface area contributed by atoms with Crippen LogP contribution in [0.15, 0.2) is 4.79 Å². The molecule has 1 aromatic rings. The van der Waals surface area contributed by atoms with Gasteiger partial charge in [0, 0.05) is 25.6 Å². The Morgan fingerprint density at radius 3 is 2.70 bits per heavy atom. The SMILES string of the molecule is CCCOC(=O)N1CCC(c2n[nH]c(=O)n2CC)CC1. The number of ether oxygens (including phenoxy) is 1. The highest BCUT2D eigenvalue weighted by atomic mass is 16.6. The maximum atomic E-state index is 11.8. The van der Waals surface area contributed by atoms with Crippen LogP contribution in [0.25, 0.3) is 0 Å². The van der Waals surface area contributed by atoms with Crippen molar-refractivity contribution in [1.29, 1.82) is 0 Å². The van der Waals surface area contributed by atoms with E-state index in [1.54, 1.807) is 9.47 Å². The third kappa shape index (κ3) is 3.02. The predicted octanol–water partition coefficient (Wildman–Crippen LogP) is 1.32. The number of piperidine rings is 1. The van der Waals surface area contributed by atoms with Crippen LogP contribution < -0.4 is 5.69 Å². The summed E-state index contributed by atoms with van der Waals surface area (Å²) in [4.78, 5) is 25.0. The van der Waals surface area contributed by atoms with Crippen LogP contribution in [0.5, 0.6) is 0 Å². The van der Waals surface area contributed by atoms with Crippen LogP contribution in [0.2, 0.25) is 0 Å². The van der Waals surface area contributed by atoms with E-state index < -0.39 is 0 Å². The summed E-state index contributed by atoms with van der Waals surface area (Å²) in [6, 6.07) is 0. The third-order valence-corrected chi connectivity index (χ3v) is 3.65. The minimum atomic E-state index is -0.236. The first-order chi connectivity index (χ1) is 9.67. The first-order valence-electron chi connectivity index (χ1n) is 7.24. The van der Waals surface area contributed by atoms with E-state index in [1.165, 1.54) is 0 Å². The van der Waals surface area contributed by atoms with E-state index in [0.717, 1.165) is 25.1 Å². The molecule has 0 aliphatic carbocycles. The van der Waals surface area contributed by atoms with Crippen molar-refractivity contribution in [3.8, 4) is 0 Å². The van der Waals surface area contributed by atoms with Crippen LogP contribution in [0.1, 0.15) is 44.9 Å². The maximum Gasteiger partial charge on any atom is 0.409 e. The van der Waals surface area contributed by atoms with Crippen molar-refractivity contribution in [1.82, 2.24) is 19.7 Å². The molecule has 0 bridgehead atoms. The number of aromatic amines is 1. The van der Waals surface area contributed by atoms with E-state index in [-0.39, 0.29) is 17.7 Å². The smallest absolute Gasteiger partial charge is 0.409 e. The Kier molecular flexibility index (Phi) is 4.81. The normalized spacial score (nSPS) is 16.4. The van der Waals surface area contributed by atoms with Gasteiger partial charge in [-0.25, -0.2) is 14.7 Å². The summed E-state index contributed by atoms with van der Waals surface area (Å²) in [5.74, 6) is 1.03. The number of amides is 1. The molecule has 20 heavy (non-hydrogen) atoms. The average molecular weight is 282 g/mol. The molecule has 0 saturated carbocycles. The number of carbonyl (C=O) groups is 1. The lowest BCUT2D eigenvalue weighted by molar-refractivity contribution is 0.0921. The second kappa shape index (κ2) is 6.58. The van der Waals surface area contributed by atoms with Crippen molar-refractivity contribution >= 4 is 6.09 Å². The van der Waals surface area contributed by atoms with Crippen molar-refractivity contribution in [2.75, 3.05) is 19.7 Å². The number of aromatic nitrogens is 3. The molecule has 7 heteroatoms. The maximum absolute atomic E-state index is 11.8. The molecule has 1 aliphatic heterocycles. The molecule has 2 rings (SSSR count). The van der Waals surface area contributed by atoms with E-state index in [1.807, 2.05) is 13.8 Å². The molecular formula is C13H22N4O3. The van der Waals surface area contributed by atoms with Crippen molar-refractivity contribution < 1.29 is 9.53 Å². The van der Waals surface area contributed by atoms with Gasteiger partial charge in [0.05, 0.1) is 6.61 Å². The highest BCUT2D eigenvalue weighted by molar-refractivity contribution is 5.67. The molecule has 0 atom stereocenters. The van der Waals surface area contributed by atoms with Crippen LogP contribution in [0, 0.1) is 0 Å². The lowest BCUT2D eigenvalue weighted by Crippen LogP contribution is -2.39. The summed E-state index contributed by atoms with van der Waals surface area (Å²) in [7, 11) is 0. The second-order valence-electron chi connectivity index (χ2n) is 5.01. The van der Waals surface area contributed by atoms with E-state index in [9.17, 15) is 9.59 Å². The van der Waals surface area contributed by atoms with E-state index in [0.29, 0.717) is 26.2 Å². The topological polar surface area (TPSA) is 80.2 Å². The second-order valence-corrected chi connectivity index (χ2v) is 5.01. The first kappa shape index (κ1) is 14.6. The summed E-state index contributed by atoms with van der Waals surface area (Å²) in [6.45, 7) is 6.28. The summed E-state index contributed by atoms with van der Waals surface area (Å²) in [5, 5.41) is 6.62. The quantitative estimate of drug-likeness (QED) is 0.903. The fraction of sp³-hybridized carbons (Fsp3) is 0.769. The fourth-order valence-electron chi connectivity index (χ4n) is 2.55. The van der Waals surface area contributed by atoms with Gasteiger partial charge >= 0.3 is 11.8 Å². The average Bonchev–Trinajstić information content (AvgIpc) is 2.85. The molecule has 1 saturated heterocycles. The molecule has 1 N–H and O–H groups in total. The molecule has 112 valence electrons. The Morgan fingerprint density at radius 2 is 2.10 bits per heavy atom. The summed E-state index contributed by atoms with van der Waals surface area (Å²) in [6.07, 6.45) is 2.22. The van der Waals surface area contributed by atoms with Gasteiger partial charge in [0.2, 0.25) is 0 Å². The number of nitrogens with one attached hydrogen (secondary N) is 1. The van der Waals surface area contributed by atoms with Gasteiger partial charge in [0.25, 0.3) is 0 Å². The van der Waals surface area contributed by atoms with Crippen molar-refractivity contribution in [2.45, 2.75) is 45.6 Å². The number of H-pyrrole nitrogens is 1. The van der Waals surface area contributed by atoms with Crippen molar-refractivity contribution in [3.05, 3.63) is 16.3 Å². The standard InChI is InChI=1S/C13H22N4O3/c1-3-9-20-13(19)16-7-5-10(6-8-16)11-14-15-12(18)17(11)4-2/h10H,3-9H2,1-2H3,(H,15,18).